The summed E-state index contributed by atoms with van der Waals surface area (Å²) in [5.41, 5.74) is 3.71. The SMILES string of the molecule is CCCCCCCC#Cc1cscc1-c1ccccc1. The highest BCUT2D eigenvalue weighted by atomic mass is 32.1. The lowest BCUT2D eigenvalue weighted by molar-refractivity contribution is 0.641. The Balaban J connectivity index is 1.90. The van der Waals surface area contributed by atoms with Crippen LogP contribution in [0.4, 0.5) is 0 Å². The number of rotatable bonds is 6. The van der Waals surface area contributed by atoms with E-state index in [9.17, 15) is 0 Å². The molecule has 0 fully saturated rings. The molecule has 20 heavy (non-hydrogen) atoms. The molecule has 0 aliphatic rings. The summed E-state index contributed by atoms with van der Waals surface area (Å²) in [7, 11) is 0. The second-order valence-electron chi connectivity index (χ2n) is 5.03. The van der Waals surface area contributed by atoms with E-state index in [-0.39, 0.29) is 0 Å². The van der Waals surface area contributed by atoms with Crippen molar-refractivity contribution >= 4 is 11.3 Å². The van der Waals surface area contributed by atoms with E-state index in [0.29, 0.717) is 0 Å². The van der Waals surface area contributed by atoms with Gasteiger partial charge in [-0.25, -0.2) is 0 Å². The summed E-state index contributed by atoms with van der Waals surface area (Å²) in [5, 5.41) is 4.35. The second kappa shape index (κ2) is 8.61. The highest BCUT2D eigenvalue weighted by Gasteiger charge is 2.03. The van der Waals surface area contributed by atoms with Crippen molar-refractivity contribution in [1.82, 2.24) is 0 Å². The van der Waals surface area contributed by atoms with Crippen LogP contribution in [-0.4, -0.2) is 0 Å². The Morgan fingerprint density at radius 1 is 0.950 bits per heavy atom. The molecule has 0 spiro atoms. The maximum absolute atomic E-state index is 3.34. The topological polar surface area (TPSA) is 0 Å². The van der Waals surface area contributed by atoms with Gasteiger partial charge < -0.3 is 0 Å². The lowest BCUT2D eigenvalue weighted by Crippen LogP contribution is -1.79. The van der Waals surface area contributed by atoms with Gasteiger partial charge in [-0.2, -0.15) is 11.3 Å². The molecule has 0 unspecified atom stereocenters. The third-order valence-electron chi connectivity index (χ3n) is 3.38. The first-order chi connectivity index (χ1) is 9.92. The minimum Gasteiger partial charge on any atom is -0.150 e. The molecule has 0 bridgehead atoms. The van der Waals surface area contributed by atoms with Crippen molar-refractivity contribution in [2.24, 2.45) is 0 Å². The summed E-state index contributed by atoms with van der Waals surface area (Å²) in [6, 6.07) is 10.5. The van der Waals surface area contributed by atoms with E-state index in [1.165, 1.54) is 48.8 Å². The fourth-order valence-electron chi connectivity index (χ4n) is 2.21. The largest absolute Gasteiger partial charge is 0.150 e. The van der Waals surface area contributed by atoms with Crippen LogP contribution in [0.3, 0.4) is 0 Å². The van der Waals surface area contributed by atoms with Crippen molar-refractivity contribution < 1.29 is 0 Å². The highest BCUT2D eigenvalue weighted by molar-refractivity contribution is 7.08. The first-order valence-electron chi connectivity index (χ1n) is 7.52. The predicted octanol–water partition coefficient (Wildman–Crippen LogP) is 6.13. The normalized spacial score (nSPS) is 10.1. The minimum atomic E-state index is 1.02. The van der Waals surface area contributed by atoms with E-state index in [1.807, 2.05) is 0 Å². The Morgan fingerprint density at radius 2 is 1.75 bits per heavy atom. The number of benzene rings is 1. The number of unbranched alkanes of at least 4 members (excludes halogenated alkanes) is 5. The van der Waals surface area contributed by atoms with Gasteiger partial charge in [0, 0.05) is 22.9 Å². The summed E-state index contributed by atoms with van der Waals surface area (Å²) in [6.45, 7) is 2.25. The quantitative estimate of drug-likeness (QED) is 0.442. The fraction of sp³-hybridized carbons (Fsp3) is 0.368. The van der Waals surface area contributed by atoms with Crippen molar-refractivity contribution in [1.29, 1.82) is 0 Å². The Labute approximate surface area is 126 Å². The third kappa shape index (κ3) is 4.54. The Bertz CT molecular complexity index is 554. The van der Waals surface area contributed by atoms with Crippen molar-refractivity contribution in [3.63, 3.8) is 0 Å². The van der Waals surface area contributed by atoms with Crippen LogP contribution in [-0.2, 0) is 0 Å². The molecule has 0 atom stereocenters. The zero-order chi connectivity index (χ0) is 14.0. The Kier molecular flexibility index (Phi) is 6.41. The van der Waals surface area contributed by atoms with Crippen molar-refractivity contribution in [3.8, 4) is 23.0 Å². The predicted molar refractivity (Wildman–Crippen MR) is 90.0 cm³/mol. The van der Waals surface area contributed by atoms with E-state index >= 15 is 0 Å². The van der Waals surface area contributed by atoms with Gasteiger partial charge in [0.05, 0.1) is 0 Å². The summed E-state index contributed by atoms with van der Waals surface area (Å²) in [5.74, 6) is 6.67. The molecule has 1 heteroatoms. The molecule has 0 saturated heterocycles. The maximum Gasteiger partial charge on any atom is 0.0430 e. The van der Waals surface area contributed by atoms with E-state index in [2.05, 4.69) is 59.9 Å². The van der Waals surface area contributed by atoms with Crippen LogP contribution in [0.15, 0.2) is 41.1 Å². The molecule has 2 aromatic rings. The lowest BCUT2D eigenvalue weighted by atomic mass is 10.0. The Hall–Kier alpha value is -1.52. The molecule has 0 radical (unpaired) electrons. The standard InChI is InChI=1S/C19H22S/c1-2-3-4-5-6-7-9-14-18-15-20-16-19(18)17-12-10-8-11-13-17/h8,10-13,15-16H,2-7H2,1H3. The number of hydrogen-bond acceptors (Lipinski definition) is 1. The van der Waals surface area contributed by atoms with Gasteiger partial charge >= 0.3 is 0 Å². The lowest BCUT2D eigenvalue weighted by Gasteiger charge is -1.98. The molecule has 0 aliphatic heterocycles. The minimum absolute atomic E-state index is 1.02. The fourth-order valence-corrected chi connectivity index (χ4v) is 3.00. The number of thiophene rings is 1. The molecule has 0 amide bonds. The summed E-state index contributed by atoms with van der Waals surface area (Å²) in [6.07, 6.45) is 7.59. The summed E-state index contributed by atoms with van der Waals surface area (Å²) >= 11 is 1.73. The maximum atomic E-state index is 3.34. The number of hydrogen-bond donors (Lipinski definition) is 0. The van der Waals surface area contributed by atoms with Crippen LogP contribution in [0.1, 0.15) is 51.0 Å². The molecule has 2 rings (SSSR count). The first-order valence-corrected chi connectivity index (χ1v) is 8.46. The van der Waals surface area contributed by atoms with Gasteiger partial charge in [-0.05, 0) is 17.4 Å². The van der Waals surface area contributed by atoms with E-state index in [4.69, 9.17) is 0 Å². The van der Waals surface area contributed by atoms with Gasteiger partial charge in [-0.1, -0.05) is 74.8 Å². The first kappa shape index (κ1) is 14.9. The average molecular weight is 282 g/mol. The van der Waals surface area contributed by atoms with Gasteiger partial charge in [0.1, 0.15) is 0 Å². The van der Waals surface area contributed by atoms with Gasteiger partial charge in [0.15, 0.2) is 0 Å². The molecule has 0 nitrogen and oxygen atoms in total. The van der Waals surface area contributed by atoms with Gasteiger partial charge in [-0.3, -0.25) is 0 Å². The zero-order valence-electron chi connectivity index (χ0n) is 12.2. The Morgan fingerprint density at radius 3 is 2.55 bits per heavy atom. The molecule has 0 aliphatic carbocycles. The highest BCUT2D eigenvalue weighted by Crippen LogP contribution is 2.26. The molecular weight excluding hydrogens is 260 g/mol. The van der Waals surface area contributed by atoms with Gasteiger partial charge in [0.2, 0.25) is 0 Å². The van der Waals surface area contributed by atoms with Crippen LogP contribution in [0.2, 0.25) is 0 Å². The molecule has 0 saturated carbocycles. The molecular formula is C19H22S. The van der Waals surface area contributed by atoms with Crippen LogP contribution in [0.5, 0.6) is 0 Å². The molecule has 104 valence electrons. The second-order valence-corrected chi connectivity index (χ2v) is 5.77. The summed E-state index contributed by atoms with van der Waals surface area (Å²) < 4.78 is 0. The monoisotopic (exact) mass is 282 g/mol. The molecule has 0 N–H and O–H groups in total. The van der Waals surface area contributed by atoms with Crippen molar-refractivity contribution in [2.45, 2.75) is 45.4 Å². The van der Waals surface area contributed by atoms with Crippen molar-refractivity contribution in [2.75, 3.05) is 0 Å². The molecule has 1 aromatic carbocycles. The van der Waals surface area contributed by atoms with Gasteiger partial charge in [0.25, 0.3) is 0 Å². The third-order valence-corrected chi connectivity index (χ3v) is 4.12. The van der Waals surface area contributed by atoms with E-state index < -0.39 is 0 Å². The van der Waals surface area contributed by atoms with Crippen LogP contribution in [0, 0.1) is 11.8 Å². The van der Waals surface area contributed by atoms with E-state index in [0.717, 1.165) is 6.42 Å². The molecule has 1 heterocycles. The zero-order valence-corrected chi connectivity index (χ0v) is 13.0. The van der Waals surface area contributed by atoms with E-state index in [1.54, 1.807) is 11.3 Å². The van der Waals surface area contributed by atoms with Crippen LogP contribution >= 0.6 is 11.3 Å². The van der Waals surface area contributed by atoms with Gasteiger partial charge in [-0.15, -0.1) is 0 Å². The summed E-state index contributed by atoms with van der Waals surface area (Å²) in [4.78, 5) is 0. The van der Waals surface area contributed by atoms with Crippen LogP contribution in [0.25, 0.3) is 11.1 Å². The van der Waals surface area contributed by atoms with Crippen molar-refractivity contribution in [3.05, 3.63) is 46.7 Å². The molecule has 1 aromatic heterocycles. The van der Waals surface area contributed by atoms with Crippen LogP contribution < -0.4 is 0 Å². The smallest absolute Gasteiger partial charge is 0.0430 e. The average Bonchev–Trinajstić information content (AvgIpc) is 2.96.